The van der Waals surface area contributed by atoms with Crippen molar-refractivity contribution >= 4 is 11.9 Å². The second-order valence-corrected chi connectivity index (χ2v) is 6.65. The first-order valence-corrected chi connectivity index (χ1v) is 8.50. The molecular formula is C17H22N6O. The van der Waals surface area contributed by atoms with Crippen LogP contribution in [0.1, 0.15) is 19.8 Å². The van der Waals surface area contributed by atoms with Gasteiger partial charge < -0.3 is 9.80 Å². The molecule has 1 amide bonds. The maximum Gasteiger partial charge on any atom is 0.225 e. The minimum Gasteiger partial charge on any atom is -0.340 e. The fraction of sp³-hybridized carbons (Fsp3) is 0.529. The lowest BCUT2D eigenvalue weighted by atomic mass is 9.92. The molecule has 4 heterocycles. The third-order valence-electron chi connectivity index (χ3n) is 5.17. The van der Waals surface area contributed by atoms with Crippen LogP contribution in [0.3, 0.4) is 0 Å². The summed E-state index contributed by atoms with van der Waals surface area (Å²) in [7, 11) is 0. The minimum atomic E-state index is 0.170. The Balaban J connectivity index is 1.51. The van der Waals surface area contributed by atoms with Crippen molar-refractivity contribution in [2.45, 2.75) is 38.4 Å². The fourth-order valence-corrected chi connectivity index (χ4v) is 4.27. The number of fused-ring (bicyclic) bond motifs is 1. The van der Waals surface area contributed by atoms with Crippen molar-refractivity contribution in [2.75, 3.05) is 18.0 Å². The van der Waals surface area contributed by atoms with Crippen LogP contribution in [-0.4, -0.2) is 55.7 Å². The van der Waals surface area contributed by atoms with E-state index in [1.54, 1.807) is 25.5 Å². The smallest absolute Gasteiger partial charge is 0.225 e. The third-order valence-corrected chi connectivity index (χ3v) is 5.17. The van der Waals surface area contributed by atoms with E-state index in [1.807, 2.05) is 23.0 Å². The highest BCUT2D eigenvalue weighted by molar-refractivity contribution is 5.74. The Hall–Kier alpha value is -2.44. The van der Waals surface area contributed by atoms with Crippen LogP contribution in [0.25, 0.3) is 0 Å². The maximum atomic E-state index is 12.2. The highest BCUT2D eigenvalue weighted by Crippen LogP contribution is 2.37. The van der Waals surface area contributed by atoms with Crippen molar-refractivity contribution in [3.8, 4) is 0 Å². The van der Waals surface area contributed by atoms with Crippen LogP contribution in [-0.2, 0) is 11.3 Å². The van der Waals surface area contributed by atoms with E-state index in [4.69, 9.17) is 0 Å². The molecule has 7 heteroatoms. The summed E-state index contributed by atoms with van der Waals surface area (Å²) in [5.41, 5.74) is 0. The quantitative estimate of drug-likeness (QED) is 0.847. The number of likely N-dealkylation sites (tertiary alicyclic amines) is 1. The number of anilines is 1. The first-order chi connectivity index (χ1) is 11.7. The molecular weight excluding hydrogens is 304 g/mol. The Kier molecular flexibility index (Phi) is 3.92. The molecule has 0 N–H and O–H groups in total. The number of hydrogen-bond acceptors (Lipinski definition) is 5. The van der Waals surface area contributed by atoms with Crippen LogP contribution in [0.5, 0.6) is 0 Å². The monoisotopic (exact) mass is 326 g/mol. The van der Waals surface area contributed by atoms with Crippen molar-refractivity contribution in [3.63, 3.8) is 0 Å². The molecule has 2 fully saturated rings. The van der Waals surface area contributed by atoms with Crippen LogP contribution in [0.15, 0.2) is 36.9 Å². The van der Waals surface area contributed by atoms with Gasteiger partial charge in [-0.2, -0.15) is 5.10 Å². The van der Waals surface area contributed by atoms with Gasteiger partial charge in [0.1, 0.15) is 0 Å². The summed E-state index contributed by atoms with van der Waals surface area (Å²) in [5, 5.41) is 4.30. The van der Waals surface area contributed by atoms with E-state index >= 15 is 0 Å². The standard InChI is InChI=1S/C17H22N6O/c1-13(24)23-15(12-22-8-3-7-20-22)10-14-11-21(9-4-16(14)23)17-18-5-2-6-19-17/h2-3,5-8,14-16H,4,9-12H2,1H3/t14-,15?,16+/m0/s1. The highest BCUT2D eigenvalue weighted by Gasteiger charge is 2.45. The van der Waals surface area contributed by atoms with Gasteiger partial charge in [0.05, 0.1) is 12.6 Å². The zero-order chi connectivity index (χ0) is 16.5. The lowest BCUT2D eigenvalue weighted by Crippen LogP contribution is -2.49. The van der Waals surface area contributed by atoms with Gasteiger partial charge in [-0.05, 0) is 30.9 Å². The van der Waals surface area contributed by atoms with Crippen molar-refractivity contribution < 1.29 is 4.79 Å². The summed E-state index contributed by atoms with van der Waals surface area (Å²) >= 11 is 0. The number of carbonyl (C=O) groups is 1. The lowest BCUT2D eigenvalue weighted by molar-refractivity contribution is -0.132. The SMILES string of the molecule is CC(=O)N1C(Cn2cccn2)C[C@H]2CN(c3ncccn3)CC[C@H]21. The number of rotatable bonds is 3. The van der Waals surface area contributed by atoms with Crippen molar-refractivity contribution in [1.82, 2.24) is 24.6 Å². The first-order valence-electron chi connectivity index (χ1n) is 8.50. The van der Waals surface area contributed by atoms with Gasteiger partial charge in [-0.3, -0.25) is 9.48 Å². The first kappa shape index (κ1) is 15.1. The van der Waals surface area contributed by atoms with Crippen LogP contribution in [0, 0.1) is 5.92 Å². The molecule has 2 aromatic heterocycles. The van der Waals surface area contributed by atoms with Crippen LogP contribution < -0.4 is 4.90 Å². The van der Waals surface area contributed by atoms with E-state index in [0.717, 1.165) is 38.4 Å². The zero-order valence-electron chi connectivity index (χ0n) is 13.8. The van der Waals surface area contributed by atoms with E-state index < -0.39 is 0 Å². The van der Waals surface area contributed by atoms with Gasteiger partial charge in [-0.15, -0.1) is 0 Å². The zero-order valence-corrected chi connectivity index (χ0v) is 13.8. The molecule has 24 heavy (non-hydrogen) atoms. The molecule has 2 aliphatic heterocycles. The molecule has 0 spiro atoms. The molecule has 3 atom stereocenters. The Labute approximate surface area is 141 Å². The van der Waals surface area contributed by atoms with E-state index in [-0.39, 0.29) is 11.9 Å². The summed E-state index contributed by atoms with van der Waals surface area (Å²) in [6.07, 6.45) is 9.29. The Morgan fingerprint density at radius 1 is 1.25 bits per heavy atom. The van der Waals surface area contributed by atoms with Crippen molar-refractivity contribution in [3.05, 3.63) is 36.9 Å². The van der Waals surface area contributed by atoms with Crippen molar-refractivity contribution in [1.29, 1.82) is 0 Å². The summed E-state index contributed by atoms with van der Waals surface area (Å²) in [6.45, 7) is 4.25. The molecule has 0 aliphatic carbocycles. The van der Waals surface area contributed by atoms with Crippen LogP contribution in [0.4, 0.5) is 5.95 Å². The average Bonchev–Trinajstić information content (AvgIpc) is 3.22. The van der Waals surface area contributed by atoms with Gasteiger partial charge in [0, 0.05) is 50.8 Å². The fourth-order valence-electron chi connectivity index (χ4n) is 4.27. The summed E-state index contributed by atoms with van der Waals surface area (Å²) < 4.78 is 1.93. The molecule has 1 unspecified atom stereocenters. The van der Waals surface area contributed by atoms with Gasteiger partial charge in [0.2, 0.25) is 11.9 Å². The molecule has 2 saturated heterocycles. The average molecular weight is 326 g/mol. The minimum absolute atomic E-state index is 0.170. The second-order valence-electron chi connectivity index (χ2n) is 6.65. The molecule has 2 aliphatic rings. The number of amides is 1. The summed E-state index contributed by atoms with van der Waals surface area (Å²) in [6, 6.07) is 4.30. The van der Waals surface area contributed by atoms with Gasteiger partial charge in [0.25, 0.3) is 0 Å². The molecule has 4 rings (SSSR count). The molecule has 0 radical (unpaired) electrons. The number of piperidine rings is 1. The number of nitrogens with zero attached hydrogens (tertiary/aromatic N) is 6. The Morgan fingerprint density at radius 3 is 2.79 bits per heavy atom. The molecule has 126 valence electrons. The normalized spacial score (nSPS) is 26.5. The topological polar surface area (TPSA) is 67.2 Å². The third kappa shape index (κ3) is 2.74. The molecule has 0 aromatic carbocycles. The molecule has 2 aromatic rings. The van der Waals surface area contributed by atoms with E-state index in [2.05, 4.69) is 24.9 Å². The molecule has 0 bridgehead atoms. The molecule has 0 saturated carbocycles. The van der Waals surface area contributed by atoms with Gasteiger partial charge >= 0.3 is 0 Å². The predicted octanol–water partition coefficient (Wildman–Crippen LogP) is 1.19. The number of aromatic nitrogens is 4. The van der Waals surface area contributed by atoms with Gasteiger partial charge in [0.15, 0.2) is 0 Å². The predicted molar refractivity (Wildman–Crippen MR) is 89.3 cm³/mol. The van der Waals surface area contributed by atoms with E-state index in [0.29, 0.717) is 12.0 Å². The molecule has 7 nitrogen and oxygen atoms in total. The Morgan fingerprint density at radius 2 is 2.08 bits per heavy atom. The number of carbonyl (C=O) groups excluding carboxylic acids is 1. The van der Waals surface area contributed by atoms with Crippen LogP contribution >= 0.6 is 0 Å². The van der Waals surface area contributed by atoms with E-state index in [1.165, 1.54) is 0 Å². The maximum absolute atomic E-state index is 12.2. The number of hydrogen-bond donors (Lipinski definition) is 0. The lowest BCUT2D eigenvalue weighted by Gasteiger charge is -2.38. The Bertz CT molecular complexity index is 688. The largest absolute Gasteiger partial charge is 0.340 e. The second kappa shape index (κ2) is 6.22. The summed E-state index contributed by atoms with van der Waals surface area (Å²) in [4.78, 5) is 25.3. The van der Waals surface area contributed by atoms with Crippen LogP contribution in [0.2, 0.25) is 0 Å². The highest BCUT2D eigenvalue weighted by atomic mass is 16.2. The van der Waals surface area contributed by atoms with Gasteiger partial charge in [-0.25, -0.2) is 9.97 Å². The van der Waals surface area contributed by atoms with Crippen molar-refractivity contribution in [2.24, 2.45) is 5.92 Å². The van der Waals surface area contributed by atoms with Gasteiger partial charge in [-0.1, -0.05) is 0 Å². The summed E-state index contributed by atoms with van der Waals surface area (Å²) in [5.74, 6) is 1.43. The van der Waals surface area contributed by atoms with E-state index in [9.17, 15) is 4.79 Å².